The van der Waals surface area contributed by atoms with Crippen molar-refractivity contribution < 1.29 is 9.18 Å². The number of primary amides is 1. The monoisotopic (exact) mass is 295 g/mol. The van der Waals surface area contributed by atoms with Crippen molar-refractivity contribution in [3.05, 3.63) is 35.1 Å². The molecule has 2 rings (SSSR count). The number of nitrogens with two attached hydrogens (primary N) is 2. The second kappa shape index (κ2) is 6.28. The first-order chi connectivity index (χ1) is 9.47. The normalized spacial score (nSPS) is 17.1. The van der Waals surface area contributed by atoms with Gasteiger partial charge in [-0.2, -0.15) is 0 Å². The van der Waals surface area contributed by atoms with Crippen molar-refractivity contribution in [1.82, 2.24) is 4.90 Å². The van der Waals surface area contributed by atoms with E-state index < -0.39 is 0 Å². The Balaban J connectivity index is 2.04. The first-order valence-corrected chi connectivity index (χ1v) is 6.98. The van der Waals surface area contributed by atoms with E-state index in [2.05, 4.69) is 4.90 Å². The highest BCUT2D eigenvalue weighted by atomic mass is 32.1. The summed E-state index contributed by atoms with van der Waals surface area (Å²) in [6.07, 6.45) is 1.53. The largest absolute Gasteiger partial charge is 0.389 e. The van der Waals surface area contributed by atoms with E-state index in [1.54, 1.807) is 6.07 Å². The first kappa shape index (κ1) is 14.9. The van der Waals surface area contributed by atoms with Crippen LogP contribution in [0.3, 0.4) is 0 Å². The van der Waals surface area contributed by atoms with Gasteiger partial charge >= 0.3 is 0 Å². The van der Waals surface area contributed by atoms with Gasteiger partial charge in [-0.3, -0.25) is 9.69 Å². The van der Waals surface area contributed by atoms with Crippen molar-refractivity contribution in [2.24, 2.45) is 17.4 Å². The second-order valence-corrected chi connectivity index (χ2v) is 5.56. The Kier molecular flexibility index (Phi) is 4.67. The Labute approximate surface area is 122 Å². The Hall–Kier alpha value is -1.53. The number of amides is 1. The minimum Gasteiger partial charge on any atom is -0.389 e. The fourth-order valence-corrected chi connectivity index (χ4v) is 2.72. The number of thiocarbonyl (C=S) groups is 1. The zero-order chi connectivity index (χ0) is 14.7. The summed E-state index contributed by atoms with van der Waals surface area (Å²) in [4.78, 5) is 13.5. The number of likely N-dealkylation sites (tertiary alicyclic amines) is 1. The molecular weight excluding hydrogens is 277 g/mol. The summed E-state index contributed by atoms with van der Waals surface area (Å²) in [6, 6.07) is 4.49. The van der Waals surface area contributed by atoms with Crippen LogP contribution >= 0.6 is 12.2 Å². The summed E-state index contributed by atoms with van der Waals surface area (Å²) >= 11 is 4.96. The molecule has 4 nitrogen and oxygen atoms in total. The first-order valence-electron chi connectivity index (χ1n) is 6.57. The number of rotatable bonds is 4. The van der Waals surface area contributed by atoms with Crippen molar-refractivity contribution in [2.45, 2.75) is 19.4 Å². The molecule has 1 saturated heterocycles. The van der Waals surface area contributed by atoms with Gasteiger partial charge in [0.05, 0.1) is 0 Å². The van der Waals surface area contributed by atoms with E-state index >= 15 is 0 Å². The van der Waals surface area contributed by atoms with Crippen molar-refractivity contribution in [3.63, 3.8) is 0 Å². The van der Waals surface area contributed by atoms with E-state index in [0.717, 1.165) is 31.5 Å². The van der Waals surface area contributed by atoms with Crippen molar-refractivity contribution in [1.29, 1.82) is 0 Å². The molecule has 1 amide bonds. The van der Waals surface area contributed by atoms with Crippen LogP contribution in [0.4, 0.5) is 4.39 Å². The van der Waals surface area contributed by atoms with Crippen LogP contribution in [-0.2, 0) is 11.3 Å². The van der Waals surface area contributed by atoms with Crippen LogP contribution in [0.1, 0.15) is 24.0 Å². The third kappa shape index (κ3) is 3.52. The number of hydrogen-bond donors (Lipinski definition) is 2. The summed E-state index contributed by atoms with van der Waals surface area (Å²) in [6.45, 7) is 2.24. The van der Waals surface area contributed by atoms with Gasteiger partial charge in [0.2, 0.25) is 5.91 Å². The molecule has 0 saturated carbocycles. The van der Waals surface area contributed by atoms with E-state index in [0.29, 0.717) is 12.1 Å². The Morgan fingerprint density at radius 1 is 1.35 bits per heavy atom. The average molecular weight is 295 g/mol. The SMILES string of the molecule is NC(=O)C1CCN(Cc2ccc(F)cc2C(N)=S)CC1. The molecule has 0 atom stereocenters. The number of carbonyl (C=O) groups is 1. The van der Waals surface area contributed by atoms with Crippen LogP contribution in [0.15, 0.2) is 18.2 Å². The van der Waals surface area contributed by atoms with Crippen LogP contribution in [-0.4, -0.2) is 28.9 Å². The highest BCUT2D eigenvalue weighted by Crippen LogP contribution is 2.20. The lowest BCUT2D eigenvalue weighted by atomic mass is 9.95. The molecule has 4 N–H and O–H groups in total. The summed E-state index contributed by atoms with van der Waals surface area (Å²) in [5.74, 6) is -0.603. The molecule has 0 aromatic heterocycles. The van der Waals surface area contributed by atoms with Gasteiger partial charge in [0.15, 0.2) is 0 Å². The number of piperidine rings is 1. The number of carbonyl (C=O) groups excluding carboxylic acids is 1. The lowest BCUT2D eigenvalue weighted by molar-refractivity contribution is -0.123. The third-order valence-corrected chi connectivity index (χ3v) is 3.94. The van der Waals surface area contributed by atoms with Gasteiger partial charge in [-0.25, -0.2) is 4.39 Å². The van der Waals surface area contributed by atoms with E-state index in [9.17, 15) is 9.18 Å². The van der Waals surface area contributed by atoms with Gasteiger partial charge in [0.1, 0.15) is 10.8 Å². The van der Waals surface area contributed by atoms with Crippen LogP contribution in [0.2, 0.25) is 0 Å². The van der Waals surface area contributed by atoms with Crippen molar-refractivity contribution in [2.75, 3.05) is 13.1 Å². The third-order valence-electron chi connectivity index (χ3n) is 3.72. The quantitative estimate of drug-likeness (QED) is 0.818. The lowest BCUT2D eigenvalue weighted by Crippen LogP contribution is -2.38. The van der Waals surface area contributed by atoms with E-state index in [1.165, 1.54) is 12.1 Å². The molecule has 20 heavy (non-hydrogen) atoms. The standard InChI is InChI=1S/C14H18FN3OS/c15-11-2-1-10(12(7-11)14(17)20)8-18-5-3-9(4-6-18)13(16)19/h1-2,7,9H,3-6,8H2,(H2,16,19)(H2,17,20). The highest BCUT2D eigenvalue weighted by Gasteiger charge is 2.23. The molecule has 1 aliphatic rings. The molecule has 6 heteroatoms. The minimum absolute atomic E-state index is 0.0328. The smallest absolute Gasteiger partial charge is 0.220 e. The Bertz CT molecular complexity index is 527. The lowest BCUT2D eigenvalue weighted by Gasteiger charge is -2.30. The van der Waals surface area contributed by atoms with Crippen LogP contribution < -0.4 is 11.5 Å². The molecule has 1 fully saturated rings. The van der Waals surface area contributed by atoms with Crippen molar-refractivity contribution >= 4 is 23.1 Å². The molecule has 108 valence electrons. The molecule has 0 unspecified atom stereocenters. The fourth-order valence-electron chi connectivity index (χ4n) is 2.53. The summed E-state index contributed by atoms with van der Waals surface area (Å²) in [7, 11) is 0. The maximum atomic E-state index is 13.2. The molecule has 0 radical (unpaired) electrons. The van der Waals surface area contributed by atoms with Gasteiger partial charge < -0.3 is 11.5 Å². The molecule has 0 spiro atoms. The molecule has 0 aliphatic carbocycles. The van der Waals surface area contributed by atoms with Gasteiger partial charge in [-0.1, -0.05) is 18.3 Å². The second-order valence-electron chi connectivity index (χ2n) is 5.12. The number of nitrogens with zero attached hydrogens (tertiary/aromatic N) is 1. The summed E-state index contributed by atoms with van der Waals surface area (Å²) in [5, 5.41) is 0. The molecular formula is C14H18FN3OS. The maximum absolute atomic E-state index is 13.2. The average Bonchev–Trinajstić information content (AvgIpc) is 2.41. The van der Waals surface area contributed by atoms with Crippen LogP contribution in [0.5, 0.6) is 0 Å². The molecule has 0 bridgehead atoms. The van der Waals surface area contributed by atoms with Gasteiger partial charge in [-0.05, 0) is 43.6 Å². The zero-order valence-corrected chi connectivity index (χ0v) is 12.0. The minimum atomic E-state index is -0.344. The zero-order valence-electron chi connectivity index (χ0n) is 11.1. The topological polar surface area (TPSA) is 72.4 Å². The van der Waals surface area contributed by atoms with Gasteiger partial charge in [-0.15, -0.1) is 0 Å². The van der Waals surface area contributed by atoms with Crippen LogP contribution in [0, 0.1) is 11.7 Å². The molecule has 1 aliphatic heterocycles. The summed E-state index contributed by atoms with van der Waals surface area (Å²) < 4.78 is 13.2. The van der Waals surface area contributed by atoms with E-state index in [1.807, 2.05) is 0 Å². The highest BCUT2D eigenvalue weighted by molar-refractivity contribution is 7.80. The Morgan fingerprint density at radius 3 is 2.55 bits per heavy atom. The predicted octanol–water partition coefficient (Wildman–Crippen LogP) is 1.16. The van der Waals surface area contributed by atoms with Gasteiger partial charge in [0.25, 0.3) is 0 Å². The van der Waals surface area contributed by atoms with E-state index in [4.69, 9.17) is 23.7 Å². The van der Waals surface area contributed by atoms with Crippen LogP contribution in [0.25, 0.3) is 0 Å². The predicted molar refractivity (Wildman–Crippen MR) is 79.5 cm³/mol. The number of hydrogen-bond acceptors (Lipinski definition) is 3. The fraction of sp³-hybridized carbons (Fsp3) is 0.429. The number of benzene rings is 1. The number of halogens is 1. The molecule has 1 aromatic rings. The molecule has 1 aromatic carbocycles. The molecule has 1 heterocycles. The van der Waals surface area contributed by atoms with E-state index in [-0.39, 0.29) is 22.6 Å². The summed E-state index contributed by atoms with van der Waals surface area (Å²) in [5.41, 5.74) is 12.4. The Morgan fingerprint density at radius 2 is 2.00 bits per heavy atom. The van der Waals surface area contributed by atoms with Crippen molar-refractivity contribution in [3.8, 4) is 0 Å². The maximum Gasteiger partial charge on any atom is 0.220 e. The van der Waals surface area contributed by atoms with Gasteiger partial charge in [0, 0.05) is 18.0 Å².